The van der Waals surface area contributed by atoms with Crippen LogP contribution in [0.1, 0.15) is 37.9 Å². The van der Waals surface area contributed by atoms with E-state index in [9.17, 15) is 15.0 Å². The number of hydrogen-bond acceptors (Lipinski definition) is 3. The molecule has 0 amide bonds. The summed E-state index contributed by atoms with van der Waals surface area (Å²) in [6.07, 6.45) is 1.56. The molecule has 1 aromatic heterocycles. The summed E-state index contributed by atoms with van der Waals surface area (Å²) in [7, 11) is 0. The van der Waals surface area contributed by atoms with Crippen LogP contribution < -0.4 is 0 Å². The number of rotatable bonds is 3. The Bertz CT molecular complexity index is 533. The van der Waals surface area contributed by atoms with Crippen molar-refractivity contribution in [2.45, 2.75) is 39.7 Å². The summed E-state index contributed by atoms with van der Waals surface area (Å²) in [6, 6.07) is 3.83. The van der Waals surface area contributed by atoms with Crippen molar-refractivity contribution in [3.05, 3.63) is 35.2 Å². The van der Waals surface area contributed by atoms with Gasteiger partial charge in [0, 0.05) is 6.20 Å². The van der Waals surface area contributed by atoms with E-state index in [1.165, 1.54) is 0 Å². The Kier molecular flexibility index (Phi) is 3.45. The Morgan fingerprint density at radius 2 is 2.16 bits per heavy atom. The highest BCUT2D eigenvalue weighted by Gasteiger charge is 2.50. The fourth-order valence-electron chi connectivity index (χ4n) is 2.73. The maximum atomic E-state index is 11.5. The van der Waals surface area contributed by atoms with Crippen LogP contribution in [0.4, 0.5) is 0 Å². The molecule has 0 aliphatic heterocycles. The summed E-state index contributed by atoms with van der Waals surface area (Å²) >= 11 is 0. The van der Waals surface area contributed by atoms with Crippen LogP contribution in [0.3, 0.4) is 0 Å². The van der Waals surface area contributed by atoms with E-state index in [0.29, 0.717) is 12.8 Å². The Morgan fingerprint density at radius 3 is 2.58 bits per heavy atom. The molecule has 1 aromatic rings. The third-order valence-electron chi connectivity index (χ3n) is 4.18. The van der Waals surface area contributed by atoms with Crippen molar-refractivity contribution in [3.63, 3.8) is 0 Å². The van der Waals surface area contributed by atoms with Gasteiger partial charge in [0.25, 0.3) is 0 Å². The van der Waals surface area contributed by atoms with Gasteiger partial charge in [-0.25, -0.2) is 0 Å². The van der Waals surface area contributed by atoms with Crippen LogP contribution in [0, 0.1) is 12.3 Å². The molecule has 0 saturated heterocycles. The predicted molar refractivity (Wildman–Crippen MR) is 72.6 cm³/mol. The maximum Gasteiger partial charge on any atom is 0.312 e. The molecule has 0 fully saturated rings. The van der Waals surface area contributed by atoms with Crippen LogP contribution in [0.2, 0.25) is 0 Å². The third-order valence-corrected chi connectivity index (χ3v) is 4.18. The molecule has 0 saturated carbocycles. The first-order chi connectivity index (χ1) is 8.92. The molecule has 2 atom stereocenters. The molecule has 1 aliphatic carbocycles. The number of allylic oxidation sites excluding steroid dienone is 1. The standard InChI is InChI=1S/C15H19NO3/c1-4-15(14(18)19)7-11(10(3)13(15)17)12-6-5-9(2)8-16-12/h5-6,8,13,17H,4,7H2,1-3H3,(H,18,19)/t13-,15+/m0/s1. The molecule has 1 heterocycles. The zero-order chi connectivity index (χ0) is 14.2. The van der Waals surface area contributed by atoms with Crippen molar-refractivity contribution < 1.29 is 15.0 Å². The molecule has 19 heavy (non-hydrogen) atoms. The van der Waals surface area contributed by atoms with Gasteiger partial charge in [0.05, 0.1) is 11.8 Å². The minimum absolute atomic E-state index is 0.335. The molecular weight excluding hydrogens is 242 g/mol. The molecule has 102 valence electrons. The van der Waals surface area contributed by atoms with Gasteiger partial charge in [-0.3, -0.25) is 9.78 Å². The number of aliphatic hydroxyl groups is 1. The number of pyridine rings is 1. The molecule has 0 spiro atoms. The van der Waals surface area contributed by atoms with E-state index in [0.717, 1.165) is 22.4 Å². The van der Waals surface area contributed by atoms with E-state index in [4.69, 9.17) is 0 Å². The molecular formula is C15H19NO3. The summed E-state index contributed by atoms with van der Waals surface area (Å²) in [6.45, 7) is 5.55. The number of carboxylic acids is 1. The summed E-state index contributed by atoms with van der Waals surface area (Å²) in [5, 5.41) is 19.8. The van der Waals surface area contributed by atoms with Crippen molar-refractivity contribution in [3.8, 4) is 0 Å². The summed E-state index contributed by atoms with van der Waals surface area (Å²) in [5.41, 5.74) is 2.29. The summed E-state index contributed by atoms with van der Waals surface area (Å²) in [5.74, 6) is -0.941. The zero-order valence-corrected chi connectivity index (χ0v) is 11.5. The Hall–Kier alpha value is -1.68. The Morgan fingerprint density at radius 1 is 1.47 bits per heavy atom. The lowest BCUT2D eigenvalue weighted by molar-refractivity contribution is -0.154. The molecule has 4 nitrogen and oxygen atoms in total. The van der Waals surface area contributed by atoms with Crippen molar-refractivity contribution in [1.82, 2.24) is 4.98 Å². The lowest BCUT2D eigenvalue weighted by Crippen LogP contribution is -2.39. The van der Waals surface area contributed by atoms with E-state index in [2.05, 4.69) is 4.98 Å². The van der Waals surface area contributed by atoms with E-state index in [1.54, 1.807) is 20.0 Å². The fraction of sp³-hybridized carbons (Fsp3) is 0.467. The predicted octanol–water partition coefficient (Wildman–Crippen LogP) is 2.41. The number of carboxylic acid groups (broad SMARTS) is 1. The first-order valence-corrected chi connectivity index (χ1v) is 6.46. The lowest BCUT2D eigenvalue weighted by Gasteiger charge is -2.27. The SMILES string of the molecule is CC[C@@]1(C(=O)O)CC(c2ccc(C)cn2)=C(C)[C@@H]1O. The van der Waals surface area contributed by atoms with Gasteiger partial charge >= 0.3 is 5.97 Å². The summed E-state index contributed by atoms with van der Waals surface area (Å²) in [4.78, 5) is 15.9. The monoisotopic (exact) mass is 261 g/mol. The molecule has 0 bridgehead atoms. The highest BCUT2D eigenvalue weighted by atomic mass is 16.4. The van der Waals surface area contributed by atoms with Crippen molar-refractivity contribution in [1.29, 1.82) is 0 Å². The fourth-order valence-corrected chi connectivity index (χ4v) is 2.73. The highest BCUT2D eigenvalue weighted by molar-refractivity contribution is 5.84. The van der Waals surface area contributed by atoms with Gasteiger partial charge < -0.3 is 10.2 Å². The average molecular weight is 261 g/mol. The average Bonchev–Trinajstić information content (AvgIpc) is 2.65. The zero-order valence-electron chi connectivity index (χ0n) is 11.5. The second-order valence-corrected chi connectivity index (χ2v) is 5.28. The van der Waals surface area contributed by atoms with Crippen LogP contribution >= 0.6 is 0 Å². The van der Waals surface area contributed by atoms with Crippen LogP contribution in [0.25, 0.3) is 5.57 Å². The Balaban J connectivity index is 2.43. The van der Waals surface area contributed by atoms with Crippen LogP contribution in [0.5, 0.6) is 0 Å². The van der Waals surface area contributed by atoms with Gasteiger partial charge in [-0.15, -0.1) is 0 Å². The number of nitrogens with zero attached hydrogens (tertiary/aromatic N) is 1. The summed E-state index contributed by atoms with van der Waals surface area (Å²) < 4.78 is 0. The van der Waals surface area contributed by atoms with Gasteiger partial charge in [0.1, 0.15) is 5.41 Å². The Labute approximate surface area is 112 Å². The quantitative estimate of drug-likeness (QED) is 0.876. The molecule has 0 aromatic carbocycles. The van der Waals surface area contributed by atoms with Gasteiger partial charge in [-0.2, -0.15) is 0 Å². The first-order valence-electron chi connectivity index (χ1n) is 6.46. The van der Waals surface area contributed by atoms with E-state index < -0.39 is 17.5 Å². The maximum absolute atomic E-state index is 11.5. The minimum Gasteiger partial charge on any atom is -0.481 e. The van der Waals surface area contributed by atoms with Crippen LogP contribution in [-0.2, 0) is 4.79 Å². The second-order valence-electron chi connectivity index (χ2n) is 5.28. The van der Waals surface area contributed by atoms with Gasteiger partial charge in [0.15, 0.2) is 0 Å². The molecule has 1 aliphatic rings. The largest absolute Gasteiger partial charge is 0.481 e. The number of aryl methyl sites for hydroxylation is 1. The molecule has 2 rings (SSSR count). The normalized spacial score (nSPS) is 26.8. The molecule has 4 heteroatoms. The van der Waals surface area contributed by atoms with Crippen LogP contribution in [0.15, 0.2) is 23.9 Å². The molecule has 2 N–H and O–H groups in total. The number of aliphatic carboxylic acids is 1. The number of aliphatic hydroxyl groups excluding tert-OH is 1. The molecule has 0 unspecified atom stereocenters. The third kappa shape index (κ3) is 2.06. The van der Waals surface area contributed by atoms with E-state index in [1.807, 2.05) is 19.1 Å². The molecule has 0 radical (unpaired) electrons. The van der Waals surface area contributed by atoms with Gasteiger partial charge in [-0.1, -0.05) is 13.0 Å². The van der Waals surface area contributed by atoms with Crippen molar-refractivity contribution in [2.75, 3.05) is 0 Å². The first kappa shape index (κ1) is 13.7. The van der Waals surface area contributed by atoms with Crippen molar-refractivity contribution in [2.24, 2.45) is 5.41 Å². The van der Waals surface area contributed by atoms with E-state index in [-0.39, 0.29) is 0 Å². The second kappa shape index (κ2) is 4.78. The number of aromatic nitrogens is 1. The number of carbonyl (C=O) groups is 1. The smallest absolute Gasteiger partial charge is 0.312 e. The lowest BCUT2D eigenvalue weighted by atomic mass is 9.79. The minimum atomic E-state index is -1.11. The topological polar surface area (TPSA) is 70.4 Å². The van der Waals surface area contributed by atoms with Gasteiger partial charge in [0.2, 0.25) is 0 Å². The van der Waals surface area contributed by atoms with Crippen molar-refractivity contribution >= 4 is 11.5 Å². The highest BCUT2D eigenvalue weighted by Crippen LogP contribution is 2.48. The number of hydrogen-bond donors (Lipinski definition) is 2. The van der Waals surface area contributed by atoms with Gasteiger partial charge in [-0.05, 0) is 49.5 Å². The van der Waals surface area contributed by atoms with E-state index >= 15 is 0 Å². The van der Waals surface area contributed by atoms with Crippen LogP contribution in [-0.4, -0.2) is 27.3 Å².